The first-order valence-electron chi connectivity index (χ1n) is 4.26. The molecule has 4 nitrogen and oxygen atoms in total. The molecule has 74 valence electrons. The number of carbonyl (C=O) groups is 1. The van der Waals surface area contributed by atoms with Crippen LogP contribution in [0.25, 0.3) is 0 Å². The van der Waals surface area contributed by atoms with Crippen molar-refractivity contribution in [1.29, 1.82) is 0 Å². The maximum Gasteiger partial charge on any atom is 0.407 e. The van der Waals surface area contributed by atoms with Crippen LogP contribution in [0.4, 0.5) is 4.79 Å². The molecule has 0 bridgehead atoms. The Hall–Kier alpha value is -1.21. The van der Waals surface area contributed by atoms with E-state index >= 15 is 0 Å². The van der Waals surface area contributed by atoms with Crippen molar-refractivity contribution in [3.8, 4) is 12.3 Å². The van der Waals surface area contributed by atoms with Gasteiger partial charge in [-0.3, -0.25) is 0 Å². The zero-order valence-electron chi connectivity index (χ0n) is 7.58. The lowest BCUT2D eigenvalue weighted by molar-refractivity contribution is 0.119. The molecule has 0 rings (SSSR count). The van der Waals surface area contributed by atoms with Gasteiger partial charge in [-0.1, -0.05) is 0 Å². The summed E-state index contributed by atoms with van der Waals surface area (Å²) in [6.45, 7) is 0.451. The fourth-order valence-electron chi connectivity index (χ4n) is 0.732. The van der Waals surface area contributed by atoms with Gasteiger partial charge in [-0.05, 0) is 12.8 Å². The highest BCUT2D eigenvalue weighted by atomic mass is 16.6. The van der Waals surface area contributed by atoms with Crippen LogP contribution >= 0.6 is 0 Å². The molecule has 0 spiro atoms. The van der Waals surface area contributed by atoms with Crippen LogP contribution in [0.3, 0.4) is 0 Å². The Kier molecular flexibility index (Phi) is 8.06. The summed E-state index contributed by atoms with van der Waals surface area (Å²) in [6.07, 6.45) is 7.03. The van der Waals surface area contributed by atoms with Gasteiger partial charge in [0.2, 0.25) is 0 Å². The number of carbonyl (C=O) groups excluding carboxylic acids is 1. The second-order valence-electron chi connectivity index (χ2n) is 2.45. The van der Waals surface area contributed by atoms with Crippen LogP contribution in [0, 0.1) is 12.3 Å². The van der Waals surface area contributed by atoms with Crippen LogP contribution in [0.2, 0.25) is 0 Å². The second-order valence-corrected chi connectivity index (χ2v) is 2.45. The van der Waals surface area contributed by atoms with E-state index in [4.69, 9.17) is 11.5 Å². The average Bonchev–Trinajstić information content (AvgIpc) is 2.14. The van der Waals surface area contributed by atoms with E-state index in [-0.39, 0.29) is 13.2 Å². The monoisotopic (exact) mass is 185 g/mol. The number of hydrogen-bond donors (Lipinski definition) is 2. The summed E-state index contributed by atoms with van der Waals surface area (Å²) in [6, 6.07) is 0. The Bertz CT molecular complexity index is 174. The van der Waals surface area contributed by atoms with Gasteiger partial charge >= 0.3 is 6.09 Å². The molecular weight excluding hydrogens is 170 g/mol. The summed E-state index contributed by atoms with van der Waals surface area (Å²) in [7, 11) is 0. The molecule has 0 aromatic rings. The Labute approximate surface area is 78.3 Å². The van der Waals surface area contributed by atoms with Gasteiger partial charge in [-0.25, -0.2) is 4.79 Å². The molecule has 4 heteroatoms. The van der Waals surface area contributed by atoms with Gasteiger partial charge in [-0.2, -0.15) is 0 Å². The van der Waals surface area contributed by atoms with Crippen molar-refractivity contribution in [1.82, 2.24) is 5.32 Å². The van der Waals surface area contributed by atoms with E-state index in [9.17, 15) is 4.79 Å². The summed E-state index contributed by atoms with van der Waals surface area (Å²) in [5.74, 6) is 2.51. The Balaban J connectivity index is 3.13. The number of alkyl carbamates (subject to hydrolysis) is 1. The number of unbranched alkanes of at least 4 members (excludes halogenated alkanes) is 2. The van der Waals surface area contributed by atoms with E-state index in [0.29, 0.717) is 6.54 Å². The van der Waals surface area contributed by atoms with E-state index in [1.54, 1.807) is 0 Å². The largest absolute Gasteiger partial charge is 0.447 e. The van der Waals surface area contributed by atoms with Gasteiger partial charge in [0, 0.05) is 13.0 Å². The maximum absolute atomic E-state index is 10.7. The fraction of sp³-hybridized carbons (Fsp3) is 0.667. The zero-order chi connectivity index (χ0) is 9.94. The summed E-state index contributed by atoms with van der Waals surface area (Å²) < 4.78 is 4.56. The quantitative estimate of drug-likeness (QED) is 0.468. The molecule has 0 aliphatic rings. The smallest absolute Gasteiger partial charge is 0.407 e. The van der Waals surface area contributed by atoms with Crippen LogP contribution < -0.4 is 5.32 Å². The number of hydrogen-bond acceptors (Lipinski definition) is 3. The third kappa shape index (κ3) is 8.70. The highest BCUT2D eigenvalue weighted by Gasteiger charge is 1.98. The Morgan fingerprint density at radius 1 is 1.54 bits per heavy atom. The van der Waals surface area contributed by atoms with Gasteiger partial charge in [0.05, 0.1) is 6.61 Å². The molecule has 0 aliphatic heterocycles. The van der Waals surface area contributed by atoms with Crippen molar-refractivity contribution >= 4 is 6.09 Å². The number of terminal acetylenes is 1. The number of rotatable bonds is 6. The van der Waals surface area contributed by atoms with Crippen LogP contribution in [0.5, 0.6) is 0 Å². The fourth-order valence-corrected chi connectivity index (χ4v) is 0.732. The highest BCUT2D eigenvalue weighted by molar-refractivity contribution is 5.66. The molecule has 0 aromatic carbocycles. The van der Waals surface area contributed by atoms with E-state index in [1.165, 1.54) is 0 Å². The molecular formula is C9H15NO3. The zero-order valence-corrected chi connectivity index (χ0v) is 7.58. The maximum atomic E-state index is 10.7. The molecule has 0 saturated carbocycles. The van der Waals surface area contributed by atoms with Gasteiger partial charge in [0.15, 0.2) is 0 Å². The van der Waals surface area contributed by atoms with Crippen LogP contribution in [0.1, 0.15) is 19.3 Å². The first kappa shape index (κ1) is 11.8. The van der Waals surface area contributed by atoms with Gasteiger partial charge in [-0.15, -0.1) is 12.3 Å². The van der Waals surface area contributed by atoms with Crippen molar-refractivity contribution in [2.75, 3.05) is 19.8 Å². The molecule has 2 N–H and O–H groups in total. The summed E-state index contributed by atoms with van der Waals surface area (Å²) in [4.78, 5) is 10.7. The molecule has 0 aromatic heterocycles. The average molecular weight is 185 g/mol. The van der Waals surface area contributed by atoms with Crippen molar-refractivity contribution < 1.29 is 14.6 Å². The topological polar surface area (TPSA) is 58.6 Å². The summed E-state index contributed by atoms with van der Waals surface area (Å²) >= 11 is 0. The molecule has 1 amide bonds. The van der Waals surface area contributed by atoms with E-state index in [1.807, 2.05) is 0 Å². The van der Waals surface area contributed by atoms with Crippen molar-refractivity contribution in [3.05, 3.63) is 0 Å². The standard InChI is InChI=1S/C9H15NO3/c1-2-3-4-5-6-10-9(12)13-8-7-11/h1,11H,3-8H2,(H,10,12). The molecule has 0 heterocycles. The lowest BCUT2D eigenvalue weighted by Gasteiger charge is -2.04. The van der Waals surface area contributed by atoms with E-state index in [2.05, 4.69) is 16.0 Å². The van der Waals surface area contributed by atoms with Crippen LogP contribution in [0.15, 0.2) is 0 Å². The molecule has 0 fully saturated rings. The molecule has 0 radical (unpaired) electrons. The third-order valence-electron chi connectivity index (χ3n) is 1.34. The SMILES string of the molecule is C#CCCCCNC(=O)OCCO. The van der Waals surface area contributed by atoms with E-state index in [0.717, 1.165) is 19.3 Å². The Morgan fingerprint density at radius 2 is 2.31 bits per heavy atom. The molecule has 0 unspecified atom stereocenters. The minimum Gasteiger partial charge on any atom is -0.447 e. The third-order valence-corrected chi connectivity index (χ3v) is 1.34. The lowest BCUT2D eigenvalue weighted by Crippen LogP contribution is -2.26. The number of amides is 1. The first-order chi connectivity index (χ1) is 6.31. The van der Waals surface area contributed by atoms with Gasteiger partial charge in [0.25, 0.3) is 0 Å². The molecule has 0 atom stereocenters. The second kappa shape index (κ2) is 8.88. The van der Waals surface area contributed by atoms with Crippen LogP contribution in [-0.2, 0) is 4.74 Å². The van der Waals surface area contributed by atoms with E-state index < -0.39 is 6.09 Å². The number of ether oxygens (including phenoxy) is 1. The van der Waals surface area contributed by atoms with Crippen molar-refractivity contribution in [2.45, 2.75) is 19.3 Å². The lowest BCUT2D eigenvalue weighted by atomic mass is 10.2. The highest BCUT2D eigenvalue weighted by Crippen LogP contribution is 1.91. The molecule has 13 heavy (non-hydrogen) atoms. The summed E-state index contributed by atoms with van der Waals surface area (Å²) in [5.41, 5.74) is 0. The van der Waals surface area contributed by atoms with Crippen LogP contribution in [-0.4, -0.2) is 31.0 Å². The minimum atomic E-state index is -0.491. The Morgan fingerprint density at radius 3 is 2.92 bits per heavy atom. The summed E-state index contributed by atoms with van der Waals surface area (Å²) in [5, 5.41) is 10.9. The molecule has 0 saturated heterocycles. The number of nitrogens with one attached hydrogen (secondary N) is 1. The number of aliphatic hydroxyl groups excluding tert-OH is 1. The van der Waals surface area contributed by atoms with Gasteiger partial charge < -0.3 is 15.2 Å². The van der Waals surface area contributed by atoms with Gasteiger partial charge in [0.1, 0.15) is 6.61 Å². The predicted octanol–water partition coefficient (Wildman–Crippen LogP) is 0.508. The normalized spacial score (nSPS) is 8.92. The minimum absolute atomic E-state index is 0.0379. The predicted molar refractivity (Wildman–Crippen MR) is 49.1 cm³/mol. The number of aliphatic hydroxyl groups is 1. The molecule has 0 aliphatic carbocycles. The van der Waals surface area contributed by atoms with Crippen molar-refractivity contribution in [3.63, 3.8) is 0 Å². The first-order valence-corrected chi connectivity index (χ1v) is 4.26. The van der Waals surface area contributed by atoms with Crippen molar-refractivity contribution in [2.24, 2.45) is 0 Å².